The Labute approximate surface area is 55.3 Å². The summed E-state index contributed by atoms with van der Waals surface area (Å²) in [5, 5.41) is 19.5. The van der Waals surface area contributed by atoms with Crippen LogP contribution in [0.4, 0.5) is 0 Å². The van der Waals surface area contributed by atoms with E-state index in [1.807, 2.05) is 13.8 Å². The van der Waals surface area contributed by atoms with Crippen LogP contribution in [-0.2, 0) is 0 Å². The van der Waals surface area contributed by atoms with Crippen LogP contribution in [0.1, 0.15) is 13.8 Å². The van der Waals surface area contributed by atoms with Gasteiger partial charge in [-0.3, -0.25) is 0 Å². The van der Waals surface area contributed by atoms with Gasteiger partial charge in [-0.05, 0) is 5.92 Å². The summed E-state index contributed by atoms with van der Waals surface area (Å²) in [6.07, 6.45) is 1.33. The summed E-state index contributed by atoms with van der Waals surface area (Å²) in [6.45, 7) is 4.17. The SMILES string of the molecule is CC(C)C(O)CNC#N. The predicted molar refractivity (Wildman–Crippen MR) is 34.5 cm³/mol. The summed E-state index contributed by atoms with van der Waals surface area (Å²) in [5.41, 5.74) is 0. The van der Waals surface area contributed by atoms with Crippen LogP contribution in [0.25, 0.3) is 0 Å². The lowest BCUT2D eigenvalue weighted by molar-refractivity contribution is 0.128. The van der Waals surface area contributed by atoms with E-state index in [2.05, 4.69) is 5.32 Å². The van der Waals surface area contributed by atoms with Crippen molar-refractivity contribution in [1.82, 2.24) is 5.32 Å². The lowest BCUT2D eigenvalue weighted by Gasteiger charge is -2.11. The molecule has 3 nitrogen and oxygen atoms in total. The molecule has 0 aromatic heterocycles. The maximum Gasteiger partial charge on any atom is 0.176 e. The van der Waals surface area contributed by atoms with E-state index < -0.39 is 6.10 Å². The van der Waals surface area contributed by atoms with Gasteiger partial charge in [-0.15, -0.1) is 0 Å². The summed E-state index contributed by atoms with van der Waals surface area (Å²) < 4.78 is 0. The Balaban J connectivity index is 3.29. The van der Waals surface area contributed by atoms with Gasteiger partial charge in [0.25, 0.3) is 0 Å². The highest BCUT2D eigenvalue weighted by Gasteiger charge is 2.06. The summed E-state index contributed by atoms with van der Waals surface area (Å²) in [4.78, 5) is 0. The minimum atomic E-state index is -0.412. The number of aliphatic hydroxyl groups excluding tert-OH is 1. The average Bonchev–Trinajstić information content (AvgIpc) is 1.82. The number of hydrogen-bond donors (Lipinski definition) is 2. The highest BCUT2D eigenvalue weighted by atomic mass is 16.3. The van der Waals surface area contributed by atoms with Gasteiger partial charge < -0.3 is 10.4 Å². The van der Waals surface area contributed by atoms with Crippen LogP contribution in [0, 0.1) is 17.4 Å². The highest BCUT2D eigenvalue weighted by Crippen LogP contribution is 1.97. The van der Waals surface area contributed by atoms with Gasteiger partial charge in [-0.1, -0.05) is 13.8 Å². The minimum absolute atomic E-state index is 0.214. The first-order chi connectivity index (χ1) is 4.18. The van der Waals surface area contributed by atoms with Gasteiger partial charge in [0.05, 0.1) is 12.6 Å². The van der Waals surface area contributed by atoms with E-state index in [9.17, 15) is 0 Å². The van der Waals surface area contributed by atoms with E-state index in [0.29, 0.717) is 6.54 Å². The standard InChI is InChI=1S/C6H12N2O/c1-5(2)6(9)3-8-4-7/h5-6,8-9H,3H2,1-2H3. The lowest BCUT2D eigenvalue weighted by atomic mass is 10.1. The third-order valence-electron chi connectivity index (χ3n) is 1.16. The number of rotatable bonds is 3. The molecule has 0 radical (unpaired) electrons. The summed E-state index contributed by atoms with van der Waals surface area (Å²) >= 11 is 0. The fourth-order valence-electron chi connectivity index (χ4n) is 0.386. The highest BCUT2D eigenvalue weighted by molar-refractivity contribution is 4.70. The Bertz CT molecular complexity index is 106. The molecule has 0 rings (SSSR count). The van der Waals surface area contributed by atoms with Crippen molar-refractivity contribution in [2.24, 2.45) is 5.92 Å². The van der Waals surface area contributed by atoms with Crippen molar-refractivity contribution in [1.29, 1.82) is 5.26 Å². The minimum Gasteiger partial charge on any atom is -0.391 e. The molecule has 1 atom stereocenters. The Morgan fingerprint density at radius 3 is 2.56 bits per heavy atom. The molecular formula is C6H12N2O. The smallest absolute Gasteiger partial charge is 0.176 e. The molecule has 0 aliphatic rings. The molecule has 2 N–H and O–H groups in total. The monoisotopic (exact) mass is 128 g/mol. The predicted octanol–water partition coefficient (Wildman–Crippen LogP) is 0.0740. The Hall–Kier alpha value is -0.750. The molecule has 0 aliphatic carbocycles. The molecule has 0 amide bonds. The number of nitrogens with zero attached hydrogens (tertiary/aromatic N) is 1. The number of nitriles is 1. The first-order valence-electron chi connectivity index (χ1n) is 2.98. The molecule has 1 unspecified atom stereocenters. The number of hydrogen-bond acceptors (Lipinski definition) is 3. The van der Waals surface area contributed by atoms with Crippen LogP contribution in [0.2, 0.25) is 0 Å². The summed E-state index contributed by atoms with van der Waals surface area (Å²) in [6, 6.07) is 0. The molecule has 0 heterocycles. The van der Waals surface area contributed by atoms with Gasteiger partial charge in [0.15, 0.2) is 6.19 Å². The van der Waals surface area contributed by atoms with Gasteiger partial charge in [0, 0.05) is 0 Å². The second kappa shape index (κ2) is 4.16. The van der Waals surface area contributed by atoms with Crippen LogP contribution in [0.3, 0.4) is 0 Å². The van der Waals surface area contributed by atoms with Crippen molar-refractivity contribution in [2.75, 3.05) is 6.54 Å². The molecule has 0 aromatic rings. The lowest BCUT2D eigenvalue weighted by Crippen LogP contribution is -2.27. The van der Waals surface area contributed by atoms with Crippen molar-refractivity contribution in [2.45, 2.75) is 20.0 Å². The van der Waals surface area contributed by atoms with Gasteiger partial charge in [0.1, 0.15) is 0 Å². The van der Waals surface area contributed by atoms with E-state index in [1.54, 1.807) is 6.19 Å². The zero-order valence-electron chi connectivity index (χ0n) is 5.76. The maximum atomic E-state index is 9.04. The Morgan fingerprint density at radius 1 is 1.67 bits per heavy atom. The van der Waals surface area contributed by atoms with E-state index in [-0.39, 0.29) is 5.92 Å². The van der Waals surface area contributed by atoms with E-state index in [0.717, 1.165) is 0 Å². The molecule has 0 aliphatic heterocycles. The van der Waals surface area contributed by atoms with Crippen LogP contribution < -0.4 is 5.32 Å². The molecule has 0 saturated heterocycles. The van der Waals surface area contributed by atoms with Crippen molar-refractivity contribution in [3.63, 3.8) is 0 Å². The third kappa shape index (κ3) is 3.80. The molecule has 0 aromatic carbocycles. The molecule has 0 saturated carbocycles. The normalized spacial score (nSPS) is 12.8. The molecule has 0 spiro atoms. The first kappa shape index (κ1) is 8.25. The topological polar surface area (TPSA) is 56.0 Å². The Morgan fingerprint density at radius 2 is 2.22 bits per heavy atom. The summed E-state index contributed by atoms with van der Waals surface area (Å²) in [5.74, 6) is 0.214. The maximum absolute atomic E-state index is 9.04. The zero-order chi connectivity index (χ0) is 7.28. The molecule has 0 bridgehead atoms. The fourth-order valence-corrected chi connectivity index (χ4v) is 0.386. The first-order valence-corrected chi connectivity index (χ1v) is 2.98. The summed E-state index contributed by atoms with van der Waals surface area (Å²) in [7, 11) is 0. The van der Waals surface area contributed by atoms with E-state index >= 15 is 0 Å². The fraction of sp³-hybridized carbons (Fsp3) is 0.833. The molecule has 3 heteroatoms. The van der Waals surface area contributed by atoms with Crippen molar-refractivity contribution < 1.29 is 5.11 Å². The van der Waals surface area contributed by atoms with Crippen molar-refractivity contribution >= 4 is 0 Å². The van der Waals surface area contributed by atoms with Gasteiger partial charge >= 0.3 is 0 Å². The largest absolute Gasteiger partial charge is 0.391 e. The van der Waals surface area contributed by atoms with Crippen LogP contribution in [-0.4, -0.2) is 17.8 Å². The third-order valence-corrected chi connectivity index (χ3v) is 1.16. The Kier molecular flexibility index (Phi) is 3.81. The van der Waals surface area contributed by atoms with Crippen molar-refractivity contribution in [3.8, 4) is 6.19 Å². The quantitative estimate of drug-likeness (QED) is 0.418. The average molecular weight is 128 g/mol. The van der Waals surface area contributed by atoms with Crippen molar-refractivity contribution in [3.05, 3.63) is 0 Å². The van der Waals surface area contributed by atoms with Gasteiger partial charge in [-0.25, -0.2) is 0 Å². The molecule has 9 heavy (non-hydrogen) atoms. The molecule has 0 fully saturated rings. The van der Waals surface area contributed by atoms with Gasteiger partial charge in [-0.2, -0.15) is 5.26 Å². The van der Waals surface area contributed by atoms with Crippen LogP contribution in [0.5, 0.6) is 0 Å². The van der Waals surface area contributed by atoms with E-state index in [1.165, 1.54) is 0 Å². The number of aliphatic hydroxyl groups is 1. The second-order valence-corrected chi connectivity index (χ2v) is 2.30. The van der Waals surface area contributed by atoms with E-state index in [4.69, 9.17) is 10.4 Å². The number of nitrogens with one attached hydrogen (secondary N) is 1. The second-order valence-electron chi connectivity index (χ2n) is 2.30. The van der Waals surface area contributed by atoms with Crippen LogP contribution >= 0.6 is 0 Å². The zero-order valence-corrected chi connectivity index (χ0v) is 5.76. The molecular weight excluding hydrogens is 116 g/mol. The molecule has 52 valence electrons. The van der Waals surface area contributed by atoms with Crippen LogP contribution in [0.15, 0.2) is 0 Å². The van der Waals surface area contributed by atoms with Gasteiger partial charge in [0.2, 0.25) is 0 Å².